The quantitative estimate of drug-likeness (QED) is 0.800. The molecule has 1 aromatic carbocycles. The predicted octanol–water partition coefficient (Wildman–Crippen LogP) is 3.11. The molecule has 4 heteroatoms. The number of rotatable bonds is 3. The van der Waals surface area contributed by atoms with E-state index in [9.17, 15) is 8.42 Å². The second-order valence-corrected chi connectivity index (χ2v) is 8.01. The average molecular weight is 287 g/mol. The molecule has 1 aliphatic rings. The third kappa shape index (κ3) is 3.27. The number of aryl methyl sites for hydroxylation is 1. The van der Waals surface area contributed by atoms with Crippen LogP contribution in [0.2, 0.25) is 0 Å². The molecular weight excluding hydrogens is 268 g/mol. The van der Waals surface area contributed by atoms with E-state index in [2.05, 4.69) is 6.07 Å². The molecule has 0 saturated carbocycles. The minimum absolute atomic E-state index is 0.300. The van der Waals surface area contributed by atoms with E-state index in [-0.39, 0.29) is 10.6 Å². The molecule has 0 aromatic heterocycles. The van der Waals surface area contributed by atoms with Crippen molar-refractivity contribution in [2.24, 2.45) is 0 Å². The van der Waals surface area contributed by atoms with Crippen LogP contribution >= 0.6 is 11.6 Å². The van der Waals surface area contributed by atoms with Crippen molar-refractivity contribution < 1.29 is 8.42 Å². The second kappa shape index (κ2) is 5.62. The van der Waals surface area contributed by atoms with Gasteiger partial charge in [-0.1, -0.05) is 36.2 Å². The topological polar surface area (TPSA) is 34.1 Å². The standard InChI is InChI=1S/C14H19ClO2S/c1-11-5-4-6-12(9-11)10-13(15)14-7-2-3-8-18(14,16)17/h4-6,9,13-14H,2-3,7-8,10H2,1H3. The van der Waals surface area contributed by atoms with Gasteiger partial charge in [0.25, 0.3) is 0 Å². The van der Waals surface area contributed by atoms with Crippen LogP contribution in [0.25, 0.3) is 0 Å². The van der Waals surface area contributed by atoms with E-state index in [1.807, 2.05) is 25.1 Å². The SMILES string of the molecule is Cc1cccc(CC(Cl)C2CCCCS2(=O)=O)c1. The van der Waals surface area contributed by atoms with E-state index in [1.54, 1.807) is 0 Å². The van der Waals surface area contributed by atoms with Crippen LogP contribution in [0, 0.1) is 6.92 Å². The molecule has 1 heterocycles. The van der Waals surface area contributed by atoms with Gasteiger partial charge < -0.3 is 0 Å². The Morgan fingerprint density at radius 2 is 2.17 bits per heavy atom. The van der Waals surface area contributed by atoms with Gasteiger partial charge in [-0.3, -0.25) is 0 Å². The van der Waals surface area contributed by atoms with Crippen LogP contribution in [0.15, 0.2) is 24.3 Å². The second-order valence-electron chi connectivity index (χ2n) is 5.11. The summed E-state index contributed by atoms with van der Waals surface area (Å²) in [6, 6.07) is 8.11. The molecule has 0 N–H and O–H groups in total. The maximum absolute atomic E-state index is 12.0. The summed E-state index contributed by atoms with van der Waals surface area (Å²) in [5, 5.41) is -0.675. The van der Waals surface area contributed by atoms with Crippen LogP contribution in [0.3, 0.4) is 0 Å². The summed E-state index contributed by atoms with van der Waals surface area (Å²) in [5.74, 6) is 0.300. The highest BCUT2D eigenvalue weighted by Crippen LogP contribution is 2.27. The molecule has 0 spiro atoms. The van der Waals surface area contributed by atoms with Crippen molar-refractivity contribution in [3.05, 3.63) is 35.4 Å². The Morgan fingerprint density at radius 3 is 2.83 bits per heavy atom. The van der Waals surface area contributed by atoms with Gasteiger partial charge in [0.05, 0.1) is 16.4 Å². The molecule has 2 rings (SSSR count). The van der Waals surface area contributed by atoms with Crippen molar-refractivity contribution in [1.29, 1.82) is 0 Å². The lowest BCUT2D eigenvalue weighted by Gasteiger charge is -2.26. The fourth-order valence-electron chi connectivity index (χ4n) is 2.58. The first kappa shape index (κ1) is 13.9. The van der Waals surface area contributed by atoms with Gasteiger partial charge in [0.2, 0.25) is 0 Å². The molecule has 0 radical (unpaired) electrons. The zero-order valence-electron chi connectivity index (χ0n) is 10.6. The molecule has 100 valence electrons. The summed E-state index contributed by atoms with van der Waals surface area (Å²) < 4.78 is 24.0. The molecule has 0 bridgehead atoms. The highest BCUT2D eigenvalue weighted by molar-refractivity contribution is 7.92. The van der Waals surface area contributed by atoms with E-state index < -0.39 is 9.84 Å². The fourth-order valence-corrected chi connectivity index (χ4v) is 5.34. The molecule has 1 saturated heterocycles. The Bertz CT molecular complexity index is 510. The van der Waals surface area contributed by atoms with Crippen molar-refractivity contribution in [3.8, 4) is 0 Å². The summed E-state index contributed by atoms with van der Waals surface area (Å²) in [6.07, 6.45) is 3.10. The predicted molar refractivity (Wildman–Crippen MR) is 75.9 cm³/mol. The van der Waals surface area contributed by atoms with Crippen molar-refractivity contribution in [2.75, 3.05) is 5.75 Å². The molecule has 1 fully saturated rings. The van der Waals surface area contributed by atoms with Gasteiger partial charge in [-0.05, 0) is 31.7 Å². The van der Waals surface area contributed by atoms with E-state index in [1.165, 1.54) is 5.56 Å². The van der Waals surface area contributed by atoms with Crippen molar-refractivity contribution >= 4 is 21.4 Å². The monoisotopic (exact) mass is 286 g/mol. The maximum atomic E-state index is 12.0. The Kier molecular flexibility index (Phi) is 4.33. The van der Waals surface area contributed by atoms with Gasteiger partial charge in [0, 0.05) is 0 Å². The molecule has 2 unspecified atom stereocenters. The molecular formula is C14H19ClO2S. The van der Waals surface area contributed by atoms with Crippen LogP contribution < -0.4 is 0 Å². The summed E-state index contributed by atoms with van der Waals surface area (Å²) >= 11 is 6.35. The molecule has 2 atom stereocenters. The zero-order chi connectivity index (χ0) is 13.2. The first-order valence-electron chi connectivity index (χ1n) is 6.40. The molecule has 0 amide bonds. The summed E-state index contributed by atoms with van der Waals surface area (Å²) in [7, 11) is -2.98. The zero-order valence-corrected chi connectivity index (χ0v) is 12.2. The highest BCUT2D eigenvalue weighted by atomic mass is 35.5. The fraction of sp³-hybridized carbons (Fsp3) is 0.571. The molecule has 18 heavy (non-hydrogen) atoms. The number of hydrogen-bond donors (Lipinski definition) is 0. The third-order valence-electron chi connectivity index (χ3n) is 3.55. The van der Waals surface area contributed by atoms with Crippen LogP contribution in [-0.2, 0) is 16.3 Å². The number of alkyl halides is 1. The Balaban J connectivity index is 2.09. The third-order valence-corrected chi connectivity index (χ3v) is 6.50. The smallest absolute Gasteiger partial charge is 0.154 e. The van der Waals surface area contributed by atoms with Crippen molar-refractivity contribution in [3.63, 3.8) is 0 Å². The summed E-state index contributed by atoms with van der Waals surface area (Å²) in [4.78, 5) is 0. The van der Waals surface area contributed by atoms with E-state index in [4.69, 9.17) is 11.6 Å². The maximum Gasteiger partial charge on any atom is 0.154 e. The molecule has 1 aromatic rings. The molecule has 2 nitrogen and oxygen atoms in total. The summed E-state index contributed by atoms with van der Waals surface area (Å²) in [6.45, 7) is 2.03. The largest absolute Gasteiger partial charge is 0.228 e. The molecule has 1 aliphatic heterocycles. The number of benzene rings is 1. The van der Waals surface area contributed by atoms with Crippen molar-refractivity contribution in [2.45, 2.75) is 43.2 Å². The Hall–Kier alpha value is -0.540. The number of halogens is 1. The molecule has 0 aliphatic carbocycles. The van der Waals surface area contributed by atoms with Gasteiger partial charge in [0.15, 0.2) is 9.84 Å². The van der Waals surface area contributed by atoms with Gasteiger partial charge in [0.1, 0.15) is 0 Å². The average Bonchev–Trinajstić information content (AvgIpc) is 2.28. The lowest BCUT2D eigenvalue weighted by molar-refractivity contribution is 0.529. The van der Waals surface area contributed by atoms with E-state index >= 15 is 0 Å². The van der Waals surface area contributed by atoms with Crippen molar-refractivity contribution in [1.82, 2.24) is 0 Å². The van der Waals surface area contributed by atoms with E-state index in [0.717, 1.165) is 18.4 Å². The van der Waals surface area contributed by atoms with Crippen LogP contribution in [-0.4, -0.2) is 24.8 Å². The minimum Gasteiger partial charge on any atom is -0.228 e. The Labute approximate surface area is 114 Å². The minimum atomic E-state index is -2.98. The normalized spacial score (nSPS) is 24.7. The first-order chi connectivity index (χ1) is 8.49. The first-order valence-corrected chi connectivity index (χ1v) is 8.55. The summed E-state index contributed by atoms with van der Waals surface area (Å²) in [5.41, 5.74) is 2.30. The van der Waals surface area contributed by atoms with Gasteiger partial charge >= 0.3 is 0 Å². The lowest BCUT2D eigenvalue weighted by atomic mass is 10.0. The van der Waals surface area contributed by atoms with Crippen LogP contribution in [0.5, 0.6) is 0 Å². The van der Waals surface area contributed by atoms with Gasteiger partial charge in [-0.25, -0.2) is 8.42 Å². The number of sulfone groups is 1. The number of hydrogen-bond acceptors (Lipinski definition) is 2. The van der Waals surface area contributed by atoms with Crippen LogP contribution in [0.4, 0.5) is 0 Å². The van der Waals surface area contributed by atoms with E-state index in [0.29, 0.717) is 18.6 Å². The van der Waals surface area contributed by atoms with Gasteiger partial charge in [-0.15, -0.1) is 11.6 Å². The highest BCUT2D eigenvalue weighted by Gasteiger charge is 2.34. The lowest BCUT2D eigenvalue weighted by Crippen LogP contribution is -2.36. The van der Waals surface area contributed by atoms with Crippen LogP contribution in [0.1, 0.15) is 30.4 Å². The van der Waals surface area contributed by atoms with Gasteiger partial charge in [-0.2, -0.15) is 0 Å². The Morgan fingerprint density at radius 1 is 1.39 bits per heavy atom.